The molecular weight excluding hydrogens is 456 g/mol. The van der Waals surface area contributed by atoms with Gasteiger partial charge in [0.15, 0.2) is 5.16 Å². The van der Waals surface area contributed by atoms with E-state index >= 15 is 0 Å². The van der Waals surface area contributed by atoms with E-state index in [1.807, 2.05) is 24.4 Å². The zero-order valence-corrected chi connectivity index (χ0v) is 19.0. The lowest BCUT2D eigenvalue weighted by Gasteiger charge is -2.17. The number of hydrogen-bond acceptors (Lipinski definition) is 8. The van der Waals surface area contributed by atoms with Crippen molar-refractivity contribution in [1.29, 1.82) is 0 Å². The van der Waals surface area contributed by atoms with Crippen molar-refractivity contribution in [3.8, 4) is 10.8 Å². The van der Waals surface area contributed by atoms with Crippen molar-refractivity contribution in [2.24, 2.45) is 0 Å². The van der Waals surface area contributed by atoms with E-state index in [2.05, 4.69) is 10.2 Å². The lowest BCUT2D eigenvalue weighted by atomic mass is 10.2. The fraction of sp³-hybridized carbons (Fsp3) is 0.333. The van der Waals surface area contributed by atoms with E-state index in [1.165, 1.54) is 11.8 Å². The maximum absolute atomic E-state index is 13.3. The summed E-state index contributed by atoms with van der Waals surface area (Å²) < 4.78 is 13.4. The SMILES string of the molecule is C[C@H](Sc1nc2cc(Cl)ccc2c(=O)n1C[C@H]1CCCO1)c1nnc(-c2cccs2)o1. The molecule has 5 rings (SSSR count). The summed E-state index contributed by atoms with van der Waals surface area (Å²) in [6.45, 7) is 3.15. The average Bonchev–Trinajstić information content (AvgIpc) is 3.53. The van der Waals surface area contributed by atoms with Crippen LogP contribution >= 0.6 is 34.7 Å². The number of halogens is 1. The van der Waals surface area contributed by atoms with Gasteiger partial charge in [-0.05, 0) is 49.4 Å². The third kappa shape index (κ3) is 4.27. The molecule has 1 aromatic carbocycles. The molecule has 31 heavy (non-hydrogen) atoms. The van der Waals surface area contributed by atoms with E-state index < -0.39 is 0 Å². The average molecular weight is 475 g/mol. The highest BCUT2D eigenvalue weighted by atomic mass is 35.5. The molecule has 7 nitrogen and oxygen atoms in total. The Morgan fingerprint density at radius 1 is 1.35 bits per heavy atom. The molecule has 3 aromatic heterocycles. The molecule has 0 spiro atoms. The zero-order valence-electron chi connectivity index (χ0n) is 16.7. The number of aromatic nitrogens is 4. The number of hydrogen-bond donors (Lipinski definition) is 0. The van der Waals surface area contributed by atoms with Crippen LogP contribution < -0.4 is 5.56 Å². The number of thiophene rings is 1. The standard InChI is InChI=1S/C21H19ClN4O3S2/c1-12(18-24-25-19(29-18)17-5-3-9-30-17)31-21-23-16-10-13(22)6-7-15(16)20(27)26(21)11-14-4-2-8-28-14/h3,5-7,9-10,12,14H,2,4,8,11H2,1H3/t12-,14+/m0/s1. The first-order chi connectivity index (χ1) is 15.1. The molecule has 2 atom stereocenters. The van der Waals surface area contributed by atoms with Gasteiger partial charge in [-0.3, -0.25) is 9.36 Å². The number of benzene rings is 1. The normalized spacial score (nSPS) is 17.4. The largest absolute Gasteiger partial charge is 0.419 e. The van der Waals surface area contributed by atoms with Crippen LogP contribution in [-0.2, 0) is 11.3 Å². The van der Waals surface area contributed by atoms with Crippen molar-refractivity contribution in [2.45, 2.75) is 42.8 Å². The van der Waals surface area contributed by atoms with Gasteiger partial charge >= 0.3 is 0 Å². The predicted molar refractivity (Wildman–Crippen MR) is 122 cm³/mol. The van der Waals surface area contributed by atoms with E-state index in [1.54, 1.807) is 34.1 Å². The minimum absolute atomic E-state index is 0.00717. The molecule has 1 fully saturated rings. The van der Waals surface area contributed by atoms with Gasteiger partial charge in [-0.15, -0.1) is 21.5 Å². The van der Waals surface area contributed by atoms with E-state index in [4.69, 9.17) is 25.7 Å². The molecule has 4 heterocycles. The molecule has 1 saturated heterocycles. The fourth-order valence-electron chi connectivity index (χ4n) is 3.52. The lowest BCUT2D eigenvalue weighted by molar-refractivity contribution is 0.0937. The van der Waals surface area contributed by atoms with E-state index in [-0.39, 0.29) is 16.9 Å². The topological polar surface area (TPSA) is 83.0 Å². The summed E-state index contributed by atoms with van der Waals surface area (Å²) >= 11 is 9.10. The summed E-state index contributed by atoms with van der Waals surface area (Å²) in [6.07, 6.45) is 1.94. The van der Waals surface area contributed by atoms with Crippen molar-refractivity contribution in [2.75, 3.05) is 6.61 Å². The Balaban J connectivity index is 1.50. The van der Waals surface area contributed by atoms with Gasteiger partial charge < -0.3 is 9.15 Å². The highest BCUT2D eigenvalue weighted by Crippen LogP contribution is 2.35. The third-order valence-electron chi connectivity index (χ3n) is 5.10. The van der Waals surface area contributed by atoms with Gasteiger partial charge in [0.05, 0.1) is 33.7 Å². The summed E-state index contributed by atoms with van der Waals surface area (Å²) in [6, 6.07) is 9.03. The van der Waals surface area contributed by atoms with Crippen LogP contribution in [0.1, 0.15) is 30.9 Å². The summed E-state index contributed by atoms with van der Waals surface area (Å²) in [7, 11) is 0. The first-order valence-electron chi connectivity index (χ1n) is 9.94. The second-order valence-corrected chi connectivity index (χ2v) is 9.98. The molecule has 1 aliphatic rings. The lowest BCUT2D eigenvalue weighted by Crippen LogP contribution is -2.29. The Morgan fingerprint density at radius 3 is 3.03 bits per heavy atom. The molecule has 10 heteroatoms. The molecule has 0 radical (unpaired) electrons. The summed E-state index contributed by atoms with van der Waals surface area (Å²) in [5.41, 5.74) is 0.470. The Hall–Kier alpha value is -2.20. The van der Waals surface area contributed by atoms with Crippen molar-refractivity contribution in [1.82, 2.24) is 19.7 Å². The molecule has 160 valence electrons. The first-order valence-corrected chi connectivity index (χ1v) is 12.1. The molecule has 0 bridgehead atoms. The Bertz CT molecular complexity index is 1270. The number of ether oxygens (including phenoxy) is 1. The van der Waals surface area contributed by atoms with E-state index in [0.717, 1.165) is 24.3 Å². The molecule has 4 aromatic rings. The summed E-state index contributed by atoms with van der Waals surface area (Å²) in [4.78, 5) is 19.0. The minimum Gasteiger partial charge on any atom is -0.419 e. The van der Waals surface area contributed by atoms with Crippen LogP contribution in [0.3, 0.4) is 0 Å². The number of thioether (sulfide) groups is 1. The van der Waals surface area contributed by atoms with Crippen LogP contribution in [0.5, 0.6) is 0 Å². The minimum atomic E-state index is -0.194. The third-order valence-corrected chi connectivity index (χ3v) is 7.27. The van der Waals surface area contributed by atoms with Crippen LogP contribution in [0.25, 0.3) is 21.7 Å². The van der Waals surface area contributed by atoms with Crippen LogP contribution in [-0.4, -0.2) is 32.5 Å². The van der Waals surface area contributed by atoms with Gasteiger partial charge in [0, 0.05) is 11.6 Å². The molecule has 0 saturated carbocycles. The van der Waals surface area contributed by atoms with E-state index in [0.29, 0.717) is 39.4 Å². The van der Waals surface area contributed by atoms with Crippen molar-refractivity contribution in [3.63, 3.8) is 0 Å². The zero-order chi connectivity index (χ0) is 21.4. The molecule has 0 unspecified atom stereocenters. The van der Waals surface area contributed by atoms with Gasteiger partial charge in [-0.2, -0.15) is 0 Å². The monoisotopic (exact) mass is 474 g/mol. The van der Waals surface area contributed by atoms with Crippen LogP contribution in [0, 0.1) is 0 Å². The van der Waals surface area contributed by atoms with Gasteiger partial charge in [0.1, 0.15) is 0 Å². The Morgan fingerprint density at radius 2 is 2.26 bits per heavy atom. The number of nitrogens with zero attached hydrogens (tertiary/aromatic N) is 4. The van der Waals surface area contributed by atoms with Gasteiger partial charge in [-0.25, -0.2) is 4.98 Å². The highest BCUT2D eigenvalue weighted by molar-refractivity contribution is 7.99. The highest BCUT2D eigenvalue weighted by Gasteiger charge is 2.24. The number of fused-ring (bicyclic) bond motifs is 1. The Kier molecular flexibility index (Phi) is 5.83. The van der Waals surface area contributed by atoms with Crippen molar-refractivity contribution in [3.05, 3.63) is 57.0 Å². The van der Waals surface area contributed by atoms with Gasteiger partial charge in [-0.1, -0.05) is 29.4 Å². The quantitative estimate of drug-likeness (QED) is 0.280. The maximum atomic E-state index is 13.3. The van der Waals surface area contributed by atoms with Gasteiger partial charge in [0.2, 0.25) is 5.89 Å². The summed E-state index contributed by atoms with van der Waals surface area (Å²) in [5, 5.41) is 11.8. The van der Waals surface area contributed by atoms with E-state index in [9.17, 15) is 4.79 Å². The second kappa shape index (κ2) is 8.74. The van der Waals surface area contributed by atoms with Crippen molar-refractivity contribution >= 4 is 45.6 Å². The number of rotatable bonds is 6. The summed E-state index contributed by atoms with van der Waals surface area (Å²) in [5.74, 6) is 0.977. The van der Waals surface area contributed by atoms with Crippen LogP contribution in [0.15, 0.2) is 50.1 Å². The predicted octanol–water partition coefficient (Wildman–Crippen LogP) is 5.19. The molecular formula is C21H19ClN4O3S2. The smallest absolute Gasteiger partial charge is 0.262 e. The molecule has 0 aliphatic carbocycles. The van der Waals surface area contributed by atoms with Crippen molar-refractivity contribution < 1.29 is 9.15 Å². The molecule has 0 N–H and O–H groups in total. The van der Waals surface area contributed by atoms with Crippen LogP contribution in [0.4, 0.5) is 0 Å². The second-order valence-electron chi connectivity index (χ2n) is 7.29. The Labute approximate surface area is 191 Å². The van der Waals surface area contributed by atoms with Crippen LogP contribution in [0.2, 0.25) is 5.02 Å². The first kappa shape index (κ1) is 20.7. The fourth-order valence-corrected chi connectivity index (χ4v) is 5.28. The molecule has 1 aliphatic heterocycles. The van der Waals surface area contributed by atoms with Gasteiger partial charge in [0.25, 0.3) is 11.4 Å². The maximum Gasteiger partial charge on any atom is 0.262 e. The molecule has 0 amide bonds.